The van der Waals surface area contributed by atoms with Crippen LogP contribution in [0, 0.1) is 37.5 Å². The molecule has 2 fully saturated rings. The van der Waals surface area contributed by atoms with Crippen molar-refractivity contribution in [1.82, 2.24) is 0 Å². The fraction of sp³-hybridized carbons (Fsp3) is 0.370. The number of hydrogen-bond acceptors (Lipinski definition) is 5. The van der Waals surface area contributed by atoms with Gasteiger partial charge in [0.1, 0.15) is 11.5 Å². The second-order valence-corrected chi connectivity index (χ2v) is 14.4. The maximum atomic E-state index is 13.1. The van der Waals surface area contributed by atoms with Crippen molar-refractivity contribution >= 4 is 23.1 Å². The number of ether oxygens (including phenoxy) is 1. The summed E-state index contributed by atoms with van der Waals surface area (Å²) in [6.07, 6.45) is 7.99. The predicted molar refractivity (Wildman–Crippen MR) is 204 cm³/mol. The predicted octanol–water partition coefficient (Wildman–Crippen LogP) is 10.5. The van der Waals surface area contributed by atoms with Crippen molar-refractivity contribution in [2.24, 2.45) is 23.7 Å². The number of esters is 1. The van der Waals surface area contributed by atoms with Crippen molar-refractivity contribution in [3.63, 3.8) is 0 Å². The molecule has 0 aliphatic heterocycles. The molecule has 0 aromatic heterocycles. The second-order valence-electron chi connectivity index (χ2n) is 14.4. The van der Waals surface area contributed by atoms with Crippen LogP contribution in [0.2, 0.25) is 0 Å². The number of carbonyl (C=O) groups excluding carboxylic acids is 3. The molecule has 0 saturated heterocycles. The molecule has 0 bridgehead atoms. The molecule has 4 aromatic carbocycles. The summed E-state index contributed by atoms with van der Waals surface area (Å²) < 4.78 is 5.22. The number of carbonyl (C=O) groups is 3. The van der Waals surface area contributed by atoms with Crippen LogP contribution in [0.4, 0.5) is 0 Å². The number of ketones is 2. The number of rotatable bonds is 8. The van der Waals surface area contributed by atoms with Gasteiger partial charge in [0, 0.05) is 24.2 Å². The minimum Gasteiger partial charge on any atom is -0.511 e. The van der Waals surface area contributed by atoms with Crippen LogP contribution in [-0.4, -0.2) is 29.2 Å². The first-order valence-corrected chi connectivity index (χ1v) is 18.7. The molecular weight excluding hydrogens is 633 g/mol. The zero-order valence-electron chi connectivity index (χ0n) is 30.2. The van der Waals surface area contributed by atoms with Gasteiger partial charge in [-0.3, -0.25) is 14.4 Å². The maximum Gasteiger partial charge on any atom is 0.309 e. The fourth-order valence-electron chi connectivity index (χ4n) is 8.28. The standard InChI is InChI=1S/C24H28O3.C22H22O2/c1-3-27-24(26)22-12-8-7-11-21(22)23(25)16-20-15-19(14-13-17(20)2)18-9-5-4-6-10-18;1-14-11-12-16(15-7-3-2-4-8-15)13-19(14)20-21(23)17-9-5-6-10-18(17)22(20)24/h4-6,9-10,13-15,21-22H,3,7-8,11-12,16H2,1-2H3;2-4,7-8,11-13,17-18,23H,5-6,9-10H2,1H3. The minimum absolute atomic E-state index is 0.00599. The number of allylic oxidation sites excluding steroid dienone is 2. The maximum absolute atomic E-state index is 13.1. The first-order chi connectivity index (χ1) is 24.8. The molecule has 3 aliphatic rings. The second kappa shape index (κ2) is 16.5. The number of Topliss-reactive ketones (excluding diaryl/α,β-unsaturated/α-hetero) is 2. The molecule has 2 saturated carbocycles. The van der Waals surface area contributed by atoms with Gasteiger partial charge in [0.05, 0.1) is 18.1 Å². The Balaban J connectivity index is 0.000000177. The van der Waals surface area contributed by atoms with E-state index in [1.807, 2.05) is 63.2 Å². The summed E-state index contributed by atoms with van der Waals surface area (Å²) in [4.78, 5) is 38.3. The van der Waals surface area contributed by atoms with E-state index >= 15 is 0 Å². The lowest BCUT2D eigenvalue weighted by Gasteiger charge is -2.29. The monoisotopic (exact) mass is 682 g/mol. The molecular formula is C46H50O5. The highest BCUT2D eigenvalue weighted by Gasteiger charge is 2.44. The van der Waals surface area contributed by atoms with E-state index in [2.05, 4.69) is 54.6 Å². The third-order valence-corrected chi connectivity index (χ3v) is 11.2. The van der Waals surface area contributed by atoms with Gasteiger partial charge in [-0.1, -0.05) is 117 Å². The quantitative estimate of drug-likeness (QED) is 0.187. The average molecular weight is 683 g/mol. The van der Waals surface area contributed by atoms with E-state index in [0.717, 1.165) is 95.9 Å². The Kier molecular flexibility index (Phi) is 11.7. The van der Waals surface area contributed by atoms with E-state index in [1.165, 1.54) is 0 Å². The van der Waals surface area contributed by atoms with Crippen LogP contribution in [-0.2, 0) is 25.5 Å². The minimum atomic E-state index is -0.274. The lowest BCUT2D eigenvalue weighted by Crippen LogP contribution is -2.34. The van der Waals surface area contributed by atoms with Gasteiger partial charge in [0.15, 0.2) is 5.78 Å². The Morgan fingerprint density at radius 3 is 1.82 bits per heavy atom. The average Bonchev–Trinajstić information content (AvgIpc) is 3.42. The van der Waals surface area contributed by atoms with Crippen molar-refractivity contribution in [3.05, 3.63) is 125 Å². The Morgan fingerprint density at radius 1 is 0.667 bits per heavy atom. The number of fused-ring (bicyclic) bond motifs is 1. The SMILES string of the molecule is CCOC(=O)C1CCCCC1C(=O)Cc1cc(-c2ccccc2)ccc1C.Cc1ccc(-c2ccccc2)cc1C1=C(O)C2CCCCC2C1=O. The van der Waals surface area contributed by atoms with Crippen molar-refractivity contribution in [2.75, 3.05) is 6.61 Å². The molecule has 1 N–H and O–H groups in total. The van der Waals surface area contributed by atoms with Crippen LogP contribution in [0.3, 0.4) is 0 Å². The zero-order valence-corrected chi connectivity index (χ0v) is 30.2. The molecule has 4 atom stereocenters. The van der Waals surface area contributed by atoms with Crippen LogP contribution in [0.25, 0.3) is 27.8 Å². The number of hydrogen-bond donors (Lipinski definition) is 1. The fourth-order valence-corrected chi connectivity index (χ4v) is 8.28. The van der Waals surface area contributed by atoms with Gasteiger partial charge >= 0.3 is 5.97 Å². The molecule has 5 heteroatoms. The van der Waals surface area contributed by atoms with Crippen molar-refractivity contribution in [3.8, 4) is 22.3 Å². The van der Waals surface area contributed by atoms with Gasteiger partial charge in [-0.2, -0.15) is 0 Å². The molecule has 0 amide bonds. The number of aliphatic hydroxyl groups is 1. The number of aliphatic hydroxyl groups excluding tert-OH is 1. The van der Waals surface area contributed by atoms with Gasteiger partial charge in [-0.05, 0) is 97.0 Å². The molecule has 7 rings (SSSR count). The number of benzene rings is 4. The lowest BCUT2D eigenvalue weighted by molar-refractivity contribution is -0.153. The first-order valence-electron chi connectivity index (χ1n) is 18.7. The van der Waals surface area contributed by atoms with E-state index in [0.29, 0.717) is 24.4 Å². The Morgan fingerprint density at radius 2 is 1.22 bits per heavy atom. The largest absolute Gasteiger partial charge is 0.511 e. The van der Waals surface area contributed by atoms with E-state index in [9.17, 15) is 19.5 Å². The molecule has 264 valence electrons. The normalized spacial score (nSPS) is 21.4. The van der Waals surface area contributed by atoms with Crippen molar-refractivity contribution in [2.45, 2.75) is 78.6 Å². The molecule has 0 radical (unpaired) electrons. The molecule has 4 aromatic rings. The van der Waals surface area contributed by atoms with Gasteiger partial charge < -0.3 is 9.84 Å². The summed E-state index contributed by atoms with van der Waals surface area (Å²) in [7, 11) is 0. The highest BCUT2D eigenvalue weighted by Crippen LogP contribution is 2.46. The highest BCUT2D eigenvalue weighted by molar-refractivity contribution is 6.25. The third-order valence-electron chi connectivity index (χ3n) is 11.2. The Bertz CT molecular complexity index is 1890. The van der Waals surface area contributed by atoms with Crippen molar-refractivity contribution in [1.29, 1.82) is 0 Å². The van der Waals surface area contributed by atoms with Crippen LogP contribution in [0.15, 0.2) is 103 Å². The number of aryl methyl sites for hydroxylation is 2. The topological polar surface area (TPSA) is 80.7 Å². The summed E-state index contributed by atoms with van der Waals surface area (Å²) in [6, 6.07) is 32.8. The van der Waals surface area contributed by atoms with Gasteiger partial charge in [0.2, 0.25) is 0 Å². The molecule has 0 spiro atoms. The Hall–Kier alpha value is -4.77. The zero-order chi connectivity index (χ0) is 35.9. The smallest absolute Gasteiger partial charge is 0.309 e. The van der Waals surface area contributed by atoms with E-state index in [1.54, 1.807) is 0 Å². The summed E-state index contributed by atoms with van der Waals surface area (Å²) in [5, 5.41) is 10.8. The highest BCUT2D eigenvalue weighted by atomic mass is 16.5. The summed E-state index contributed by atoms with van der Waals surface area (Å²) in [5.74, 6) is -0.00847. The molecule has 0 heterocycles. The van der Waals surface area contributed by atoms with Gasteiger partial charge in [0.25, 0.3) is 0 Å². The lowest BCUT2D eigenvalue weighted by atomic mass is 9.75. The van der Waals surface area contributed by atoms with Crippen LogP contribution in [0.1, 0.15) is 80.5 Å². The van der Waals surface area contributed by atoms with Crippen LogP contribution < -0.4 is 0 Å². The third kappa shape index (κ3) is 8.09. The summed E-state index contributed by atoms with van der Waals surface area (Å²) >= 11 is 0. The molecule has 3 aliphatic carbocycles. The van der Waals surface area contributed by atoms with Crippen LogP contribution in [0.5, 0.6) is 0 Å². The van der Waals surface area contributed by atoms with Gasteiger partial charge in [-0.25, -0.2) is 0 Å². The van der Waals surface area contributed by atoms with E-state index in [4.69, 9.17) is 4.74 Å². The van der Waals surface area contributed by atoms with E-state index < -0.39 is 0 Å². The summed E-state index contributed by atoms with van der Waals surface area (Å²) in [6.45, 7) is 6.24. The van der Waals surface area contributed by atoms with Crippen LogP contribution >= 0.6 is 0 Å². The van der Waals surface area contributed by atoms with E-state index in [-0.39, 0.29) is 41.2 Å². The van der Waals surface area contributed by atoms with Gasteiger partial charge in [-0.15, -0.1) is 0 Å². The summed E-state index contributed by atoms with van der Waals surface area (Å²) in [5.41, 5.74) is 9.16. The van der Waals surface area contributed by atoms with Crippen molar-refractivity contribution < 1.29 is 24.2 Å². The molecule has 4 unspecified atom stereocenters. The molecule has 51 heavy (non-hydrogen) atoms. The first kappa shape index (κ1) is 36.0. The molecule has 5 nitrogen and oxygen atoms in total. The Labute approximate surface area is 302 Å².